The molecule has 100 valence electrons. The number of nitrogens with one attached hydrogen (secondary N) is 1. The first-order chi connectivity index (χ1) is 8.68. The summed E-state index contributed by atoms with van der Waals surface area (Å²) >= 11 is 0. The van der Waals surface area contributed by atoms with Gasteiger partial charge in [-0.3, -0.25) is 0 Å². The van der Waals surface area contributed by atoms with Crippen LogP contribution in [0.25, 0.3) is 0 Å². The molecule has 0 heterocycles. The van der Waals surface area contributed by atoms with Crippen LogP contribution in [0.3, 0.4) is 0 Å². The topological polar surface area (TPSA) is 12.0 Å². The summed E-state index contributed by atoms with van der Waals surface area (Å²) in [6.45, 7) is 5.99. The SMILES string of the molecule is CC1(C)CCCC1NCCCCc1ccccc1. The van der Waals surface area contributed by atoms with Gasteiger partial charge in [0.1, 0.15) is 0 Å². The molecule has 1 atom stereocenters. The van der Waals surface area contributed by atoms with Crippen LogP contribution < -0.4 is 5.32 Å². The molecule has 0 radical (unpaired) electrons. The molecule has 2 rings (SSSR count). The summed E-state index contributed by atoms with van der Waals surface area (Å²) in [5.41, 5.74) is 1.98. The zero-order chi connectivity index (χ0) is 12.8. The Kier molecular flexibility index (Phi) is 4.82. The highest BCUT2D eigenvalue weighted by Crippen LogP contribution is 2.37. The Labute approximate surface area is 112 Å². The summed E-state index contributed by atoms with van der Waals surface area (Å²) in [5.74, 6) is 0. The molecule has 1 heteroatoms. The molecule has 18 heavy (non-hydrogen) atoms. The Hall–Kier alpha value is -0.820. The lowest BCUT2D eigenvalue weighted by atomic mass is 9.87. The summed E-state index contributed by atoms with van der Waals surface area (Å²) in [4.78, 5) is 0. The minimum absolute atomic E-state index is 0.513. The molecule has 0 aromatic heterocycles. The van der Waals surface area contributed by atoms with E-state index >= 15 is 0 Å². The Morgan fingerprint density at radius 3 is 2.61 bits per heavy atom. The van der Waals surface area contributed by atoms with E-state index in [2.05, 4.69) is 49.5 Å². The molecular weight excluding hydrogens is 218 g/mol. The highest BCUT2D eigenvalue weighted by atomic mass is 14.9. The fourth-order valence-corrected chi connectivity index (χ4v) is 3.08. The Morgan fingerprint density at radius 1 is 1.17 bits per heavy atom. The van der Waals surface area contributed by atoms with Crippen LogP contribution in [0.2, 0.25) is 0 Å². The van der Waals surface area contributed by atoms with Crippen LogP contribution in [-0.2, 0) is 6.42 Å². The van der Waals surface area contributed by atoms with E-state index in [9.17, 15) is 0 Å². The van der Waals surface area contributed by atoms with Crippen LogP contribution in [0, 0.1) is 5.41 Å². The second-order valence-corrected chi connectivity index (χ2v) is 6.33. The van der Waals surface area contributed by atoms with E-state index < -0.39 is 0 Å². The molecule has 1 saturated carbocycles. The van der Waals surface area contributed by atoms with Gasteiger partial charge >= 0.3 is 0 Å². The van der Waals surface area contributed by atoms with E-state index in [0.29, 0.717) is 5.41 Å². The molecule has 0 bridgehead atoms. The molecule has 1 aliphatic rings. The van der Waals surface area contributed by atoms with Crippen molar-refractivity contribution in [2.45, 2.75) is 58.4 Å². The summed E-state index contributed by atoms with van der Waals surface area (Å²) < 4.78 is 0. The normalized spacial score (nSPS) is 22.2. The third-order valence-electron chi connectivity index (χ3n) is 4.38. The average molecular weight is 245 g/mol. The lowest BCUT2D eigenvalue weighted by Gasteiger charge is -2.28. The van der Waals surface area contributed by atoms with Crippen LogP contribution in [0.1, 0.15) is 51.5 Å². The molecule has 0 aliphatic heterocycles. The van der Waals surface area contributed by atoms with Gasteiger partial charge in [0.2, 0.25) is 0 Å². The van der Waals surface area contributed by atoms with E-state index in [1.165, 1.54) is 50.6 Å². The fraction of sp³-hybridized carbons (Fsp3) is 0.647. The maximum Gasteiger partial charge on any atom is 0.0118 e. The van der Waals surface area contributed by atoms with Crippen LogP contribution in [0.5, 0.6) is 0 Å². The first-order valence-electron chi connectivity index (χ1n) is 7.46. The number of rotatable bonds is 6. The van der Waals surface area contributed by atoms with Gasteiger partial charge in [0.05, 0.1) is 0 Å². The second-order valence-electron chi connectivity index (χ2n) is 6.33. The van der Waals surface area contributed by atoms with Gasteiger partial charge in [-0.05, 0) is 49.6 Å². The third kappa shape index (κ3) is 3.84. The maximum absolute atomic E-state index is 3.76. The summed E-state index contributed by atoms with van der Waals surface area (Å²) in [5, 5.41) is 3.76. The van der Waals surface area contributed by atoms with Crippen molar-refractivity contribution < 1.29 is 0 Å². The van der Waals surface area contributed by atoms with Crippen molar-refractivity contribution in [2.75, 3.05) is 6.54 Å². The van der Waals surface area contributed by atoms with E-state index in [0.717, 1.165) is 6.04 Å². The third-order valence-corrected chi connectivity index (χ3v) is 4.38. The molecule has 1 N–H and O–H groups in total. The van der Waals surface area contributed by atoms with Crippen LogP contribution in [0.15, 0.2) is 30.3 Å². The molecule has 1 fully saturated rings. The predicted molar refractivity (Wildman–Crippen MR) is 78.8 cm³/mol. The van der Waals surface area contributed by atoms with Crippen LogP contribution >= 0.6 is 0 Å². The molecular formula is C17H27N. The average Bonchev–Trinajstić information content (AvgIpc) is 2.70. The maximum atomic E-state index is 3.76. The fourth-order valence-electron chi connectivity index (χ4n) is 3.08. The van der Waals surface area contributed by atoms with E-state index in [1.807, 2.05) is 0 Å². The quantitative estimate of drug-likeness (QED) is 0.741. The van der Waals surface area contributed by atoms with Gasteiger partial charge in [0.15, 0.2) is 0 Å². The highest BCUT2D eigenvalue weighted by molar-refractivity contribution is 5.14. The molecule has 1 nitrogen and oxygen atoms in total. The molecule has 0 amide bonds. The smallest absolute Gasteiger partial charge is 0.0118 e. The van der Waals surface area contributed by atoms with Gasteiger partial charge in [0, 0.05) is 6.04 Å². The lowest BCUT2D eigenvalue weighted by molar-refractivity contribution is 0.283. The molecule has 1 unspecified atom stereocenters. The number of aryl methyl sites for hydroxylation is 1. The van der Waals surface area contributed by atoms with Gasteiger partial charge in [-0.15, -0.1) is 0 Å². The minimum Gasteiger partial charge on any atom is -0.313 e. The van der Waals surface area contributed by atoms with Gasteiger partial charge in [0.25, 0.3) is 0 Å². The van der Waals surface area contributed by atoms with Gasteiger partial charge in [-0.25, -0.2) is 0 Å². The van der Waals surface area contributed by atoms with E-state index in [1.54, 1.807) is 0 Å². The second kappa shape index (κ2) is 6.38. The van der Waals surface area contributed by atoms with Crippen molar-refractivity contribution in [3.63, 3.8) is 0 Å². The summed E-state index contributed by atoms with van der Waals surface area (Å²) in [6, 6.07) is 11.6. The standard InChI is InChI=1S/C17H27N/c1-17(2)13-8-12-16(17)18-14-7-6-11-15-9-4-3-5-10-15/h3-5,9-10,16,18H,6-8,11-14H2,1-2H3. The first kappa shape index (κ1) is 13.6. The summed E-state index contributed by atoms with van der Waals surface area (Å²) in [7, 11) is 0. The largest absolute Gasteiger partial charge is 0.313 e. The van der Waals surface area contributed by atoms with Crippen molar-refractivity contribution in [1.82, 2.24) is 5.32 Å². The zero-order valence-electron chi connectivity index (χ0n) is 11.9. The van der Waals surface area contributed by atoms with Crippen molar-refractivity contribution in [1.29, 1.82) is 0 Å². The zero-order valence-corrected chi connectivity index (χ0v) is 11.9. The molecule has 0 saturated heterocycles. The first-order valence-corrected chi connectivity index (χ1v) is 7.46. The van der Waals surface area contributed by atoms with Crippen LogP contribution in [-0.4, -0.2) is 12.6 Å². The van der Waals surface area contributed by atoms with Gasteiger partial charge in [-0.2, -0.15) is 0 Å². The van der Waals surface area contributed by atoms with Crippen molar-refractivity contribution in [3.05, 3.63) is 35.9 Å². The molecule has 1 aliphatic carbocycles. The number of hydrogen-bond donors (Lipinski definition) is 1. The molecule has 1 aromatic rings. The number of hydrogen-bond acceptors (Lipinski definition) is 1. The van der Waals surface area contributed by atoms with Crippen molar-refractivity contribution >= 4 is 0 Å². The Morgan fingerprint density at radius 2 is 1.94 bits per heavy atom. The van der Waals surface area contributed by atoms with Crippen molar-refractivity contribution in [3.8, 4) is 0 Å². The molecule has 0 spiro atoms. The highest BCUT2D eigenvalue weighted by Gasteiger charge is 2.33. The minimum atomic E-state index is 0.513. The predicted octanol–water partition coefficient (Wildman–Crippen LogP) is 4.18. The van der Waals surface area contributed by atoms with E-state index in [4.69, 9.17) is 0 Å². The number of benzene rings is 1. The van der Waals surface area contributed by atoms with Crippen molar-refractivity contribution in [2.24, 2.45) is 5.41 Å². The Bertz CT molecular complexity index is 342. The number of unbranched alkanes of at least 4 members (excludes halogenated alkanes) is 1. The summed E-state index contributed by atoms with van der Waals surface area (Å²) in [6.07, 6.45) is 7.96. The lowest BCUT2D eigenvalue weighted by Crippen LogP contribution is -2.38. The molecule has 1 aromatic carbocycles. The van der Waals surface area contributed by atoms with Crippen LogP contribution in [0.4, 0.5) is 0 Å². The van der Waals surface area contributed by atoms with Gasteiger partial charge in [-0.1, -0.05) is 50.6 Å². The monoisotopic (exact) mass is 245 g/mol. The van der Waals surface area contributed by atoms with E-state index in [-0.39, 0.29) is 0 Å². The Balaban J connectivity index is 1.59. The van der Waals surface area contributed by atoms with Gasteiger partial charge < -0.3 is 5.32 Å².